The first kappa shape index (κ1) is 13.3. The van der Waals surface area contributed by atoms with Crippen LogP contribution in [0.4, 0.5) is 0 Å². The van der Waals surface area contributed by atoms with Crippen LogP contribution in [0.25, 0.3) is 0 Å². The van der Waals surface area contributed by atoms with E-state index in [-0.39, 0.29) is 5.54 Å². The smallest absolute Gasteiger partial charge is 0.0675 e. The molecule has 1 saturated carbocycles. The summed E-state index contributed by atoms with van der Waals surface area (Å²) in [5.74, 6) is 0. The molecule has 2 N–H and O–H groups in total. The fourth-order valence-electron chi connectivity index (χ4n) is 3.22. The van der Waals surface area contributed by atoms with Gasteiger partial charge in [0.1, 0.15) is 0 Å². The molecule has 2 rings (SSSR count). The molecule has 2 fully saturated rings. The first-order valence-corrected chi connectivity index (χ1v) is 7.05. The van der Waals surface area contributed by atoms with Crippen molar-refractivity contribution in [1.82, 2.24) is 4.90 Å². The van der Waals surface area contributed by atoms with Gasteiger partial charge in [0.2, 0.25) is 0 Å². The Morgan fingerprint density at radius 1 is 1.47 bits per heavy atom. The van der Waals surface area contributed by atoms with E-state index in [9.17, 15) is 0 Å². The summed E-state index contributed by atoms with van der Waals surface area (Å²) >= 11 is 0. The van der Waals surface area contributed by atoms with Crippen molar-refractivity contribution < 1.29 is 4.74 Å². The van der Waals surface area contributed by atoms with Crippen LogP contribution in [0.5, 0.6) is 0 Å². The summed E-state index contributed by atoms with van der Waals surface area (Å²) in [5, 5.41) is 0. The van der Waals surface area contributed by atoms with Gasteiger partial charge in [-0.3, -0.25) is 4.90 Å². The Hall–Kier alpha value is -0.120. The summed E-state index contributed by atoms with van der Waals surface area (Å²) in [6.45, 7) is 11.8. The minimum Gasteiger partial charge on any atom is -0.376 e. The van der Waals surface area contributed by atoms with Gasteiger partial charge in [0.05, 0.1) is 12.7 Å². The summed E-state index contributed by atoms with van der Waals surface area (Å²) in [7, 11) is 0. The van der Waals surface area contributed by atoms with Crippen LogP contribution in [0.2, 0.25) is 0 Å². The number of nitrogens with zero attached hydrogens (tertiary/aromatic N) is 1. The van der Waals surface area contributed by atoms with Crippen molar-refractivity contribution in [3.8, 4) is 0 Å². The molecule has 0 aromatic heterocycles. The van der Waals surface area contributed by atoms with E-state index in [0.29, 0.717) is 17.6 Å². The van der Waals surface area contributed by atoms with Gasteiger partial charge in [0.25, 0.3) is 0 Å². The zero-order valence-corrected chi connectivity index (χ0v) is 11.8. The van der Waals surface area contributed by atoms with E-state index < -0.39 is 0 Å². The van der Waals surface area contributed by atoms with Gasteiger partial charge in [0.15, 0.2) is 0 Å². The molecule has 17 heavy (non-hydrogen) atoms. The lowest BCUT2D eigenvalue weighted by Gasteiger charge is -2.52. The summed E-state index contributed by atoms with van der Waals surface area (Å²) < 4.78 is 5.80. The van der Waals surface area contributed by atoms with Crippen molar-refractivity contribution in [2.75, 3.05) is 19.7 Å². The third-order valence-corrected chi connectivity index (χ3v) is 5.27. The van der Waals surface area contributed by atoms with E-state index in [0.717, 1.165) is 26.1 Å². The number of hydrogen-bond donors (Lipinski definition) is 1. The Labute approximate surface area is 106 Å². The van der Waals surface area contributed by atoms with Crippen molar-refractivity contribution in [2.24, 2.45) is 11.1 Å². The molecule has 1 aliphatic heterocycles. The Balaban J connectivity index is 2.21. The molecule has 1 heterocycles. The molecule has 0 spiro atoms. The fourth-order valence-corrected chi connectivity index (χ4v) is 3.22. The Morgan fingerprint density at radius 3 is 2.59 bits per heavy atom. The second kappa shape index (κ2) is 4.52. The van der Waals surface area contributed by atoms with Gasteiger partial charge in [-0.25, -0.2) is 0 Å². The molecule has 3 heteroatoms. The zero-order chi connectivity index (χ0) is 12.7. The van der Waals surface area contributed by atoms with Crippen LogP contribution in [0.3, 0.4) is 0 Å². The molecule has 3 nitrogen and oxygen atoms in total. The summed E-state index contributed by atoms with van der Waals surface area (Å²) in [4.78, 5) is 2.65. The number of ether oxygens (including phenoxy) is 1. The summed E-state index contributed by atoms with van der Waals surface area (Å²) in [6, 6.07) is 0.539. The maximum absolute atomic E-state index is 6.14. The van der Waals surface area contributed by atoms with Gasteiger partial charge in [-0.15, -0.1) is 0 Å². The second-order valence-electron chi connectivity index (χ2n) is 6.40. The molecule has 0 bridgehead atoms. The highest BCUT2D eigenvalue weighted by molar-refractivity contribution is 5.11. The van der Waals surface area contributed by atoms with Crippen molar-refractivity contribution >= 4 is 0 Å². The summed E-state index contributed by atoms with van der Waals surface area (Å²) in [6.07, 6.45) is 4.13. The van der Waals surface area contributed by atoms with Crippen molar-refractivity contribution in [3.05, 3.63) is 0 Å². The van der Waals surface area contributed by atoms with Crippen LogP contribution in [-0.4, -0.2) is 42.3 Å². The maximum atomic E-state index is 6.14. The van der Waals surface area contributed by atoms with Gasteiger partial charge in [-0.2, -0.15) is 0 Å². The highest BCUT2D eigenvalue weighted by Crippen LogP contribution is 2.56. The van der Waals surface area contributed by atoms with Gasteiger partial charge in [0, 0.05) is 24.7 Å². The van der Waals surface area contributed by atoms with Crippen LogP contribution in [0, 0.1) is 5.41 Å². The third kappa shape index (κ3) is 2.13. The number of hydrogen-bond acceptors (Lipinski definition) is 3. The standard InChI is InChI=1S/C14H28N2O/c1-5-12-9-17-11(2)8-16(12)14(4,10-15)13(3)6-7-13/h11-12H,5-10,15H2,1-4H3. The highest BCUT2D eigenvalue weighted by Gasteiger charge is 2.56. The van der Waals surface area contributed by atoms with Crippen LogP contribution < -0.4 is 5.73 Å². The van der Waals surface area contributed by atoms with Gasteiger partial charge < -0.3 is 10.5 Å². The SMILES string of the molecule is CCC1COC(C)CN1C(C)(CN)C1(C)CC1. The van der Waals surface area contributed by atoms with Crippen molar-refractivity contribution in [2.45, 2.75) is 64.6 Å². The van der Waals surface area contributed by atoms with E-state index in [1.54, 1.807) is 0 Å². The first-order chi connectivity index (χ1) is 7.97. The largest absolute Gasteiger partial charge is 0.376 e. The number of rotatable bonds is 4. The molecule has 0 radical (unpaired) electrons. The second-order valence-corrected chi connectivity index (χ2v) is 6.40. The molecule has 1 aliphatic carbocycles. The minimum atomic E-state index is 0.145. The van der Waals surface area contributed by atoms with E-state index in [1.807, 2.05) is 0 Å². The van der Waals surface area contributed by atoms with Crippen LogP contribution in [-0.2, 0) is 4.74 Å². The van der Waals surface area contributed by atoms with Crippen LogP contribution in [0.15, 0.2) is 0 Å². The normalized spacial score (nSPS) is 36.5. The molecule has 1 saturated heterocycles. The monoisotopic (exact) mass is 240 g/mol. The number of nitrogens with two attached hydrogens (primary N) is 1. The Kier molecular flexibility index (Phi) is 3.54. The lowest BCUT2D eigenvalue weighted by molar-refractivity contribution is -0.111. The lowest BCUT2D eigenvalue weighted by Crippen LogP contribution is -2.65. The molecule has 0 aromatic carbocycles. The van der Waals surface area contributed by atoms with Gasteiger partial charge in [-0.05, 0) is 38.5 Å². The fraction of sp³-hybridized carbons (Fsp3) is 1.00. The van der Waals surface area contributed by atoms with Crippen LogP contribution >= 0.6 is 0 Å². The molecule has 0 amide bonds. The van der Waals surface area contributed by atoms with Crippen molar-refractivity contribution in [1.29, 1.82) is 0 Å². The maximum Gasteiger partial charge on any atom is 0.0675 e. The molecular formula is C14H28N2O. The topological polar surface area (TPSA) is 38.5 Å². The molecule has 100 valence electrons. The first-order valence-electron chi connectivity index (χ1n) is 7.05. The number of morpholine rings is 1. The average molecular weight is 240 g/mol. The zero-order valence-electron chi connectivity index (χ0n) is 11.8. The van der Waals surface area contributed by atoms with Gasteiger partial charge in [-0.1, -0.05) is 13.8 Å². The predicted molar refractivity (Wildman–Crippen MR) is 71.0 cm³/mol. The predicted octanol–water partition coefficient (Wildman–Crippen LogP) is 2.00. The molecule has 3 unspecified atom stereocenters. The van der Waals surface area contributed by atoms with E-state index in [4.69, 9.17) is 10.5 Å². The minimum absolute atomic E-state index is 0.145. The Morgan fingerprint density at radius 2 is 2.12 bits per heavy atom. The Bertz CT molecular complexity index is 277. The molecular weight excluding hydrogens is 212 g/mol. The van der Waals surface area contributed by atoms with E-state index in [1.165, 1.54) is 12.8 Å². The lowest BCUT2D eigenvalue weighted by atomic mass is 9.80. The third-order valence-electron chi connectivity index (χ3n) is 5.27. The van der Waals surface area contributed by atoms with E-state index in [2.05, 4.69) is 32.6 Å². The average Bonchev–Trinajstić information content (AvgIpc) is 3.07. The molecule has 2 aliphatic rings. The highest BCUT2D eigenvalue weighted by atomic mass is 16.5. The van der Waals surface area contributed by atoms with Gasteiger partial charge >= 0.3 is 0 Å². The molecule has 3 atom stereocenters. The van der Waals surface area contributed by atoms with Crippen LogP contribution in [0.1, 0.15) is 47.0 Å². The summed E-state index contributed by atoms with van der Waals surface area (Å²) in [5.41, 5.74) is 6.71. The quantitative estimate of drug-likeness (QED) is 0.817. The van der Waals surface area contributed by atoms with E-state index >= 15 is 0 Å². The van der Waals surface area contributed by atoms with Crippen molar-refractivity contribution in [3.63, 3.8) is 0 Å². The molecule has 0 aromatic rings.